The van der Waals surface area contributed by atoms with Crippen molar-refractivity contribution < 1.29 is 9.21 Å². The Kier molecular flexibility index (Phi) is 5.68. The number of carbonyl (C=O) groups excluding carboxylic acids is 1. The van der Waals surface area contributed by atoms with Gasteiger partial charge in [-0.2, -0.15) is 0 Å². The lowest BCUT2D eigenvalue weighted by Gasteiger charge is -2.20. The summed E-state index contributed by atoms with van der Waals surface area (Å²) in [5.74, 6) is 0.137. The van der Waals surface area contributed by atoms with Crippen molar-refractivity contribution in [2.75, 3.05) is 6.54 Å². The molecule has 0 saturated carbocycles. The van der Waals surface area contributed by atoms with E-state index in [0.29, 0.717) is 6.54 Å². The minimum Gasteiger partial charge on any atom is -0.472 e. The zero-order valence-corrected chi connectivity index (χ0v) is 10.2. The Balaban J connectivity index is 2.33. The lowest BCUT2D eigenvalue weighted by Crippen LogP contribution is -2.29. The first-order valence-corrected chi connectivity index (χ1v) is 6.00. The fraction of sp³-hybridized carbons (Fsp3) is 0.615. The van der Waals surface area contributed by atoms with Gasteiger partial charge in [-0.3, -0.25) is 4.79 Å². The van der Waals surface area contributed by atoms with Crippen LogP contribution in [0.1, 0.15) is 45.1 Å². The van der Waals surface area contributed by atoms with Crippen molar-refractivity contribution in [2.24, 2.45) is 0 Å². The van der Waals surface area contributed by atoms with Crippen molar-refractivity contribution in [3.63, 3.8) is 0 Å². The third-order valence-electron chi connectivity index (χ3n) is 2.68. The van der Waals surface area contributed by atoms with Crippen LogP contribution in [0.3, 0.4) is 0 Å². The van der Waals surface area contributed by atoms with Gasteiger partial charge < -0.3 is 9.32 Å². The Morgan fingerprint density at radius 2 is 2.19 bits per heavy atom. The summed E-state index contributed by atoms with van der Waals surface area (Å²) >= 11 is 0. The molecule has 3 heteroatoms. The summed E-state index contributed by atoms with van der Waals surface area (Å²) in [5.41, 5.74) is 1.06. The molecular weight excluding hydrogens is 202 g/mol. The van der Waals surface area contributed by atoms with Gasteiger partial charge in [0.05, 0.1) is 12.5 Å². The first-order chi connectivity index (χ1) is 7.74. The molecule has 0 unspecified atom stereocenters. The molecule has 0 aliphatic heterocycles. The maximum atomic E-state index is 11.4. The van der Waals surface area contributed by atoms with Gasteiger partial charge in [0.2, 0.25) is 5.91 Å². The van der Waals surface area contributed by atoms with Crippen LogP contribution in [-0.2, 0) is 11.3 Å². The van der Waals surface area contributed by atoms with Crippen LogP contribution in [0.5, 0.6) is 0 Å². The fourth-order valence-corrected chi connectivity index (χ4v) is 1.68. The van der Waals surface area contributed by atoms with Gasteiger partial charge in [-0.25, -0.2) is 0 Å². The van der Waals surface area contributed by atoms with Crippen molar-refractivity contribution in [2.45, 2.75) is 46.1 Å². The summed E-state index contributed by atoms with van der Waals surface area (Å²) < 4.78 is 5.00. The molecule has 1 aromatic rings. The molecule has 0 aromatic carbocycles. The Morgan fingerprint density at radius 1 is 1.38 bits per heavy atom. The summed E-state index contributed by atoms with van der Waals surface area (Å²) in [5, 5.41) is 0. The van der Waals surface area contributed by atoms with Gasteiger partial charge in [-0.1, -0.05) is 26.2 Å². The largest absolute Gasteiger partial charge is 0.472 e. The second-order valence-corrected chi connectivity index (χ2v) is 4.13. The number of carbonyl (C=O) groups is 1. The van der Waals surface area contributed by atoms with E-state index in [0.717, 1.165) is 18.5 Å². The van der Waals surface area contributed by atoms with Crippen LogP contribution in [0.4, 0.5) is 0 Å². The fourth-order valence-electron chi connectivity index (χ4n) is 1.68. The minimum absolute atomic E-state index is 0.137. The van der Waals surface area contributed by atoms with Crippen LogP contribution in [0.25, 0.3) is 0 Å². The predicted molar refractivity (Wildman–Crippen MR) is 63.9 cm³/mol. The van der Waals surface area contributed by atoms with Crippen molar-refractivity contribution in [3.8, 4) is 0 Å². The standard InChI is InChI=1S/C13H21NO2/c1-3-4-5-6-8-14(12(2)15)10-13-7-9-16-11-13/h7,9,11H,3-6,8,10H2,1-2H3. The van der Waals surface area contributed by atoms with Crippen LogP contribution in [-0.4, -0.2) is 17.4 Å². The molecule has 0 spiro atoms. The zero-order valence-electron chi connectivity index (χ0n) is 10.2. The summed E-state index contributed by atoms with van der Waals surface area (Å²) in [6.07, 6.45) is 8.10. The maximum absolute atomic E-state index is 11.4. The van der Waals surface area contributed by atoms with Gasteiger partial charge in [0.15, 0.2) is 0 Å². The van der Waals surface area contributed by atoms with E-state index in [9.17, 15) is 4.79 Å². The number of amides is 1. The van der Waals surface area contributed by atoms with Crippen molar-refractivity contribution in [1.29, 1.82) is 0 Å². The average Bonchev–Trinajstić information content (AvgIpc) is 2.75. The second kappa shape index (κ2) is 7.09. The normalized spacial score (nSPS) is 10.4. The monoisotopic (exact) mass is 223 g/mol. The lowest BCUT2D eigenvalue weighted by atomic mass is 10.2. The Labute approximate surface area is 97.4 Å². The minimum atomic E-state index is 0.137. The highest BCUT2D eigenvalue weighted by Gasteiger charge is 2.09. The number of hydrogen-bond donors (Lipinski definition) is 0. The summed E-state index contributed by atoms with van der Waals surface area (Å²) in [7, 11) is 0. The number of furan rings is 1. The quantitative estimate of drug-likeness (QED) is 0.665. The summed E-state index contributed by atoms with van der Waals surface area (Å²) in [6.45, 7) is 5.33. The van der Waals surface area contributed by atoms with E-state index >= 15 is 0 Å². The topological polar surface area (TPSA) is 33.5 Å². The summed E-state index contributed by atoms with van der Waals surface area (Å²) in [4.78, 5) is 13.3. The molecule has 16 heavy (non-hydrogen) atoms. The molecule has 1 amide bonds. The molecule has 1 aromatic heterocycles. The molecule has 1 rings (SSSR count). The number of unbranched alkanes of at least 4 members (excludes halogenated alkanes) is 3. The van der Waals surface area contributed by atoms with Crippen LogP contribution >= 0.6 is 0 Å². The molecule has 0 atom stereocenters. The van der Waals surface area contributed by atoms with Gasteiger partial charge in [-0.15, -0.1) is 0 Å². The van der Waals surface area contributed by atoms with Crippen LogP contribution in [0.15, 0.2) is 23.0 Å². The smallest absolute Gasteiger partial charge is 0.219 e. The van der Waals surface area contributed by atoms with Crippen molar-refractivity contribution in [3.05, 3.63) is 24.2 Å². The molecule has 0 fully saturated rings. The van der Waals surface area contributed by atoms with E-state index in [4.69, 9.17) is 4.42 Å². The molecule has 3 nitrogen and oxygen atoms in total. The summed E-state index contributed by atoms with van der Waals surface area (Å²) in [6, 6.07) is 1.90. The van der Waals surface area contributed by atoms with Gasteiger partial charge in [0, 0.05) is 25.6 Å². The van der Waals surface area contributed by atoms with E-state index in [1.54, 1.807) is 19.5 Å². The Morgan fingerprint density at radius 3 is 2.75 bits per heavy atom. The predicted octanol–water partition coefficient (Wildman–Crippen LogP) is 3.21. The van der Waals surface area contributed by atoms with Gasteiger partial charge in [-0.05, 0) is 12.5 Å². The molecule has 0 N–H and O–H groups in total. The molecule has 0 bridgehead atoms. The molecule has 0 aliphatic carbocycles. The first kappa shape index (κ1) is 12.8. The third kappa shape index (κ3) is 4.51. The molecule has 0 radical (unpaired) electrons. The highest BCUT2D eigenvalue weighted by atomic mass is 16.3. The highest BCUT2D eigenvalue weighted by Crippen LogP contribution is 2.08. The van der Waals surface area contributed by atoms with Gasteiger partial charge in [0.25, 0.3) is 0 Å². The number of nitrogens with zero attached hydrogens (tertiary/aromatic N) is 1. The van der Waals surface area contributed by atoms with E-state index < -0.39 is 0 Å². The molecule has 0 aliphatic rings. The van der Waals surface area contributed by atoms with E-state index in [1.165, 1.54) is 19.3 Å². The van der Waals surface area contributed by atoms with Crippen LogP contribution in [0.2, 0.25) is 0 Å². The molecule has 0 saturated heterocycles. The third-order valence-corrected chi connectivity index (χ3v) is 2.68. The van der Waals surface area contributed by atoms with Crippen molar-refractivity contribution >= 4 is 5.91 Å². The average molecular weight is 223 g/mol. The maximum Gasteiger partial charge on any atom is 0.219 e. The van der Waals surface area contributed by atoms with Gasteiger partial charge >= 0.3 is 0 Å². The lowest BCUT2D eigenvalue weighted by molar-refractivity contribution is -0.129. The second-order valence-electron chi connectivity index (χ2n) is 4.13. The Hall–Kier alpha value is -1.25. The van der Waals surface area contributed by atoms with Gasteiger partial charge in [0.1, 0.15) is 0 Å². The van der Waals surface area contributed by atoms with E-state index in [-0.39, 0.29) is 5.91 Å². The SMILES string of the molecule is CCCCCCN(Cc1ccoc1)C(C)=O. The number of rotatable bonds is 7. The van der Waals surface area contributed by atoms with E-state index in [2.05, 4.69) is 6.92 Å². The molecule has 90 valence electrons. The van der Waals surface area contributed by atoms with E-state index in [1.807, 2.05) is 11.0 Å². The zero-order chi connectivity index (χ0) is 11.8. The van der Waals surface area contributed by atoms with Crippen LogP contribution < -0.4 is 0 Å². The molecular formula is C13H21NO2. The highest BCUT2D eigenvalue weighted by molar-refractivity contribution is 5.73. The van der Waals surface area contributed by atoms with Crippen molar-refractivity contribution in [1.82, 2.24) is 4.90 Å². The number of hydrogen-bond acceptors (Lipinski definition) is 2. The van der Waals surface area contributed by atoms with Crippen LogP contribution in [0, 0.1) is 0 Å². The Bertz CT molecular complexity index is 293. The molecule has 1 heterocycles. The first-order valence-electron chi connectivity index (χ1n) is 6.00.